The summed E-state index contributed by atoms with van der Waals surface area (Å²) in [4.78, 5) is 4.29. The van der Waals surface area contributed by atoms with Gasteiger partial charge in [0.25, 0.3) is 0 Å². The van der Waals surface area contributed by atoms with Crippen LogP contribution in [0.2, 0.25) is 0 Å². The highest BCUT2D eigenvalue weighted by Crippen LogP contribution is 2.26. The van der Waals surface area contributed by atoms with E-state index in [4.69, 9.17) is 0 Å². The Hall–Kier alpha value is -0.780. The van der Waals surface area contributed by atoms with Gasteiger partial charge in [-0.2, -0.15) is 0 Å². The minimum absolute atomic E-state index is 0.323. The first kappa shape index (κ1) is 9.76. The number of aliphatic imine (C=N–C) groups is 1. The van der Waals surface area contributed by atoms with E-state index in [2.05, 4.69) is 32.9 Å². The van der Waals surface area contributed by atoms with Gasteiger partial charge in [-0.05, 0) is 47.2 Å². The summed E-state index contributed by atoms with van der Waals surface area (Å²) in [5.74, 6) is 1.13. The number of halogens is 1. The smallest absolute Gasteiger partial charge is 0.139 e. The molecule has 1 aromatic carbocycles. The standard InChI is InChI=1S/C10H11IN2O/c1-6-4-7(9(14)8(11)5-6)10-12-2-3-13-10/h4-5,14H,2-3H2,1H3,(H,12,13). The Morgan fingerprint density at radius 3 is 2.93 bits per heavy atom. The van der Waals surface area contributed by atoms with Gasteiger partial charge in [0, 0.05) is 6.54 Å². The summed E-state index contributed by atoms with van der Waals surface area (Å²) in [6.45, 7) is 3.67. The van der Waals surface area contributed by atoms with Gasteiger partial charge in [-0.1, -0.05) is 0 Å². The minimum atomic E-state index is 0.323. The van der Waals surface area contributed by atoms with Crippen molar-refractivity contribution in [3.8, 4) is 5.75 Å². The highest BCUT2D eigenvalue weighted by atomic mass is 127. The van der Waals surface area contributed by atoms with Crippen LogP contribution in [-0.2, 0) is 0 Å². The van der Waals surface area contributed by atoms with E-state index in [1.54, 1.807) is 0 Å². The number of phenolic OH excluding ortho intramolecular Hbond substituents is 1. The molecule has 3 nitrogen and oxygen atoms in total. The van der Waals surface area contributed by atoms with E-state index >= 15 is 0 Å². The molecule has 0 radical (unpaired) electrons. The SMILES string of the molecule is Cc1cc(I)c(O)c(C2=NCCN2)c1. The first-order chi connectivity index (χ1) is 6.68. The summed E-state index contributed by atoms with van der Waals surface area (Å²) < 4.78 is 0.869. The summed E-state index contributed by atoms with van der Waals surface area (Å²) in [5, 5.41) is 13.0. The molecule has 0 unspecified atom stereocenters. The number of phenols is 1. The van der Waals surface area contributed by atoms with Crippen molar-refractivity contribution in [1.82, 2.24) is 5.32 Å². The molecular formula is C10H11IN2O. The van der Waals surface area contributed by atoms with Gasteiger partial charge >= 0.3 is 0 Å². The maximum absolute atomic E-state index is 9.85. The third-order valence-electron chi connectivity index (χ3n) is 2.14. The molecule has 0 saturated heterocycles. The zero-order valence-electron chi connectivity index (χ0n) is 7.84. The highest BCUT2D eigenvalue weighted by molar-refractivity contribution is 14.1. The fourth-order valence-electron chi connectivity index (χ4n) is 1.49. The molecule has 1 aliphatic rings. The molecule has 0 fully saturated rings. The summed E-state index contributed by atoms with van der Waals surface area (Å²) in [6, 6.07) is 3.91. The normalized spacial score (nSPS) is 15.1. The van der Waals surface area contributed by atoms with Crippen molar-refractivity contribution < 1.29 is 5.11 Å². The molecule has 0 saturated carbocycles. The number of benzene rings is 1. The predicted octanol–water partition coefficient (Wildman–Crippen LogP) is 1.66. The molecule has 74 valence electrons. The van der Waals surface area contributed by atoms with Crippen molar-refractivity contribution in [1.29, 1.82) is 0 Å². The van der Waals surface area contributed by atoms with Gasteiger partial charge in [-0.3, -0.25) is 4.99 Å². The van der Waals surface area contributed by atoms with Gasteiger partial charge in [0.1, 0.15) is 11.6 Å². The third kappa shape index (κ3) is 1.70. The maximum atomic E-state index is 9.85. The molecule has 1 aliphatic heterocycles. The number of nitrogens with zero attached hydrogens (tertiary/aromatic N) is 1. The highest BCUT2D eigenvalue weighted by Gasteiger charge is 2.14. The van der Waals surface area contributed by atoms with Gasteiger partial charge in [-0.25, -0.2) is 0 Å². The zero-order chi connectivity index (χ0) is 10.1. The van der Waals surface area contributed by atoms with Crippen molar-refractivity contribution >= 4 is 28.4 Å². The van der Waals surface area contributed by atoms with Crippen molar-refractivity contribution in [2.75, 3.05) is 13.1 Å². The van der Waals surface area contributed by atoms with E-state index in [1.165, 1.54) is 0 Å². The van der Waals surface area contributed by atoms with Crippen molar-refractivity contribution in [2.45, 2.75) is 6.92 Å². The van der Waals surface area contributed by atoms with Gasteiger partial charge in [-0.15, -0.1) is 0 Å². The quantitative estimate of drug-likeness (QED) is 0.775. The van der Waals surface area contributed by atoms with Crippen LogP contribution in [0, 0.1) is 10.5 Å². The Bertz CT molecular complexity index is 401. The summed E-state index contributed by atoms with van der Waals surface area (Å²) in [7, 11) is 0. The number of rotatable bonds is 1. The fourth-order valence-corrected chi connectivity index (χ4v) is 2.28. The molecule has 0 spiro atoms. The van der Waals surface area contributed by atoms with Crippen LogP contribution in [0.1, 0.15) is 11.1 Å². The number of hydrogen-bond acceptors (Lipinski definition) is 3. The molecule has 1 heterocycles. The van der Waals surface area contributed by atoms with Crippen LogP contribution in [0.15, 0.2) is 17.1 Å². The molecule has 4 heteroatoms. The number of hydrogen-bond donors (Lipinski definition) is 2. The van der Waals surface area contributed by atoms with Gasteiger partial charge in [0.15, 0.2) is 0 Å². The predicted molar refractivity (Wildman–Crippen MR) is 65.0 cm³/mol. The van der Waals surface area contributed by atoms with Gasteiger partial charge in [0.2, 0.25) is 0 Å². The van der Waals surface area contributed by atoms with Gasteiger partial charge in [0.05, 0.1) is 15.7 Å². The minimum Gasteiger partial charge on any atom is -0.506 e. The Morgan fingerprint density at radius 1 is 1.50 bits per heavy atom. The van der Waals surface area contributed by atoms with Crippen molar-refractivity contribution in [3.63, 3.8) is 0 Å². The Kier molecular flexibility index (Phi) is 2.62. The maximum Gasteiger partial charge on any atom is 0.139 e. The second-order valence-corrected chi connectivity index (χ2v) is 4.46. The Labute approximate surface area is 96.4 Å². The monoisotopic (exact) mass is 302 g/mol. The molecule has 0 aromatic heterocycles. The number of aromatic hydroxyl groups is 1. The summed E-state index contributed by atoms with van der Waals surface area (Å²) >= 11 is 2.13. The molecule has 0 atom stereocenters. The van der Waals surface area contributed by atoms with Crippen molar-refractivity contribution in [2.24, 2.45) is 4.99 Å². The van der Waals surface area contributed by atoms with E-state index in [0.29, 0.717) is 5.75 Å². The molecule has 0 aliphatic carbocycles. The lowest BCUT2D eigenvalue weighted by molar-refractivity contribution is 0.470. The van der Waals surface area contributed by atoms with Crippen LogP contribution in [0.3, 0.4) is 0 Å². The largest absolute Gasteiger partial charge is 0.506 e. The van der Waals surface area contributed by atoms with E-state index < -0.39 is 0 Å². The summed E-state index contributed by atoms with van der Waals surface area (Å²) in [6.07, 6.45) is 0. The van der Waals surface area contributed by atoms with Crippen LogP contribution in [0.4, 0.5) is 0 Å². The molecule has 14 heavy (non-hydrogen) atoms. The molecule has 0 amide bonds. The molecule has 2 rings (SSSR count). The van der Waals surface area contributed by atoms with Crippen LogP contribution >= 0.6 is 22.6 Å². The number of aryl methyl sites for hydroxylation is 1. The molecular weight excluding hydrogens is 291 g/mol. The van der Waals surface area contributed by atoms with E-state index in [1.807, 2.05) is 19.1 Å². The molecule has 1 aromatic rings. The van der Waals surface area contributed by atoms with Crippen LogP contribution < -0.4 is 5.32 Å². The lowest BCUT2D eigenvalue weighted by atomic mass is 10.1. The van der Waals surface area contributed by atoms with Crippen molar-refractivity contribution in [3.05, 3.63) is 26.8 Å². The van der Waals surface area contributed by atoms with Crippen LogP contribution in [0.25, 0.3) is 0 Å². The average Bonchev–Trinajstić information content (AvgIpc) is 2.63. The molecule has 0 bridgehead atoms. The van der Waals surface area contributed by atoms with E-state index in [0.717, 1.165) is 33.6 Å². The fraction of sp³-hybridized carbons (Fsp3) is 0.300. The van der Waals surface area contributed by atoms with E-state index in [-0.39, 0.29) is 0 Å². The Morgan fingerprint density at radius 2 is 2.29 bits per heavy atom. The first-order valence-corrected chi connectivity index (χ1v) is 5.54. The first-order valence-electron chi connectivity index (χ1n) is 4.46. The second kappa shape index (κ2) is 3.76. The number of nitrogens with one attached hydrogen (secondary N) is 1. The zero-order valence-corrected chi connectivity index (χ0v) is 10.00. The average molecular weight is 302 g/mol. The third-order valence-corrected chi connectivity index (χ3v) is 2.96. The summed E-state index contributed by atoms with van der Waals surface area (Å²) in [5.41, 5.74) is 1.95. The lowest BCUT2D eigenvalue weighted by Gasteiger charge is -2.08. The second-order valence-electron chi connectivity index (χ2n) is 3.30. The topological polar surface area (TPSA) is 44.6 Å². The molecule has 2 N–H and O–H groups in total. The Balaban J connectivity index is 2.51. The van der Waals surface area contributed by atoms with E-state index in [9.17, 15) is 5.11 Å². The lowest BCUT2D eigenvalue weighted by Crippen LogP contribution is -2.19. The van der Waals surface area contributed by atoms with Crippen LogP contribution in [0.5, 0.6) is 5.75 Å². The van der Waals surface area contributed by atoms with Crippen LogP contribution in [-0.4, -0.2) is 24.0 Å². The van der Waals surface area contributed by atoms with Gasteiger partial charge < -0.3 is 10.4 Å². The number of amidine groups is 1.